The Labute approximate surface area is 107 Å². The molecular weight excluding hydrogens is 235 g/mol. The lowest BCUT2D eigenvalue weighted by molar-refractivity contribution is 0.101. The van der Waals surface area contributed by atoms with Crippen LogP contribution in [0.4, 0.5) is 0 Å². The molecule has 0 saturated carbocycles. The van der Waals surface area contributed by atoms with E-state index in [1.807, 2.05) is 6.92 Å². The molecule has 0 aliphatic rings. The van der Waals surface area contributed by atoms with E-state index in [4.69, 9.17) is 14.2 Å². The highest BCUT2D eigenvalue weighted by Gasteiger charge is 2.18. The van der Waals surface area contributed by atoms with E-state index in [0.29, 0.717) is 31.3 Å². The fraction of sp³-hybridized carbons (Fsp3) is 0.500. The summed E-state index contributed by atoms with van der Waals surface area (Å²) in [4.78, 5) is 0. The van der Waals surface area contributed by atoms with Gasteiger partial charge in [-0.05, 0) is 24.6 Å². The molecule has 1 aromatic rings. The maximum absolute atomic E-state index is 9.25. The lowest BCUT2D eigenvalue weighted by Gasteiger charge is -2.12. The van der Waals surface area contributed by atoms with E-state index in [1.54, 1.807) is 12.1 Å². The number of benzene rings is 1. The van der Waals surface area contributed by atoms with Crippen LogP contribution in [0.3, 0.4) is 0 Å². The smallest absolute Gasteiger partial charge is 0.492 e. The first-order valence-electron chi connectivity index (χ1n) is 5.93. The van der Waals surface area contributed by atoms with Crippen LogP contribution in [0.5, 0.6) is 11.5 Å². The molecule has 1 rings (SSSR count). The van der Waals surface area contributed by atoms with Crippen molar-refractivity contribution in [1.29, 1.82) is 0 Å². The summed E-state index contributed by atoms with van der Waals surface area (Å²) < 4.78 is 15.7. The van der Waals surface area contributed by atoms with E-state index in [9.17, 15) is 10.0 Å². The molecule has 2 N–H and O–H groups in total. The van der Waals surface area contributed by atoms with Gasteiger partial charge in [-0.3, -0.25) is 0 Å². The van der Waals surface area contributed by atoms with Gasteiger partial charge in [0.05, 0.1) is 13.7 Å². The van der Waals surface area contributed by atoms with Crippen molar-refractivity contribution >= 4 is 12.6 Å². The highest BCUT2D eigenvalue weighted by molar-refractivity contribution is 6.59. The molecule has 0 unspecified atom stereocenters. The van der Waals surface area contributed by atoms with E-state index in [0.717, 1.165) is 6.42 Å². The lowest BCUT2D eigenvalue weighted by Crippen LogP contribution is -2.32. The summed E-state index contributed by atoms with van der Waals surface area (Å²) in [6, 6.07) is 4.88. The van der Waals surface area contributed by atoms with Crippen LogP contribution in [0.15, 0.2) is 18.2 Å². The molecule has 0 atom stereocenters. The van der Waals surface area contributed by atoms with Crippen molar-refractivity contribution < 1.29 is 24.3 Å². The predicted molar refractivity (Wildman–Crippen MR) is 69.4 cm³/mol. The second kappa shape index (κ2) is 7.97. The van der Waals surface area contributed by atoms with Crippen molar-refractivity contribution in [2.45, 2.75) is 13.3 Å². The number of hydrogen-bond donors (Lipinski definition) is 2. The standard InChI is InChI=1S/C12H19BO5/c1-3-6-17-7-8-18-12-5-4-10(16-2)9-11(12)13(14)15/h4-5,9,14-15H,3,6-8H2,1-2H3. The third-order valence-corrected chi connectivity index (χ3v) is 2.33. The summed E-state index contributed by atoms with van der Waals surface area (Å²) in [6.45, 7) is 3.57. The Morgan fingerprint density at radius 3 is 2.56 bits per heavy atom. The first kappa shape index (κ1) is 14.8. The van der Waals surface area contributed by atoms with Crippen LogP contribution in [0.2, 0.25) is 0 Å². The van der Waals surface area contributed by atoms with Gasteiger partial charge in [0.15, 0.2) is 0 Å². The molecule has 0 heterocycles. The Hall–Kier alpha value is -1.24. The van der Waals surface area contributed by atoms with Crippen molar-refractivity contribution in [1.82, 2.24) is 0 Å². The SMILES string of the molecule is CCCOCCOc1ccc(OC)cc1B(O)O. The van der Waals surface area contributed by atoms with Gasteiger partial charge in [-0.1, -0.05) is 6.92 Å². The van der Waals surface area contributed by atoms with Gasteiger partial charge in [0.2, 0.25) is 0 Å². The van der Waals surface area contributed by atoms with Crippen LogP contribution in [0, 0.1) is 0 Å². The fourth-order valence-electron chi connectivity index (χ4n) is 1.44. The summed E-state index contributed by atoms with van der Waals surface area (Å²) in [5, 5.41) is 18.5. The molecule has 0 aromatic heterocycles. The number of ether oxygens (including phenoxy) is 3. The topological polar surface area (TPSA) is 68.2 Å². The van der Waals surface area contributed by atoms with Crippen molar-refractivity contribution in [3.05, 3.63) is 18.2 Å². The molecule has 5 nitrogen and oxygen atoms in total. The van der Waals surface area contributed by atoms with Crippen molar-refractivity contribution in [2.75, 3.05) is 26.9 Å². The number of methoxy groups -OCH3 is 1. The van der Waals surface area contributed by atoms with E-state index in [2.05, 4.69) is 0 Å². The first-order valence-corrected chi connectivity index (χ1v) is 5.93. The maximum atomic E-state index is 9.25. The van der Waals surface area contributed by atoms with Gasteiger partial charge in [0.1, 0.15) is 18.1 Å². The predicted octanol–water partition coefficient (Wildman–Crippen LogP) is 0.180. The highest BCUT2D eigenvalue weighted by Crippen LogP contribution is 2.15. The second-order valence-corrected chi connectivity index (χ2v) is 3.74. The van der Waals surface area contributed by atoms with Crippen molar-refractivity contribution in [3.8, 4) is 11.5 Å². The number of hydrogen-bond acceptors (Lipinski definition) is 5. The Morgan fingerprint density at radius 2 is 1.94 bits per heavy atom. The normalized spacial score (nSPS) is 10.2. The average molecular weight is 254 g/mol. The molecule has 6 heteroatoms. The molecule has 18 heavy (non-hydrogen) atoms. The van der Waals surface area contributed by atoms with E-state index >= 15 is 0 Å². The zero-order chi connectivity index (χ0) is 13.4. The quantitative estimate of drug-likeness (QED) is 0.511. The van der Waals surface area contributed by atoms with Crippen LogP contribution in [0.25, 0.3) is 0 Å². The molecule has 1 aromatic carbocycles. The van der Waals surface area contributed by atoms with Crippen molar-refractivity contribution in [3.63, 3.8) is 0 Å². The molecule has 0 fully saturated rings. The molecule has 0 spiro atoms. The molecular formula is C12H19BO5. The Morgan fingerprint density at radius 1 is 1.17 bits per heavy atom. The molecule has 0 aliphatic carbocycles. The summed E-state index contributed by atoms with van der Waals surface area (Å²) in [5.74, 6) is 0.971. The van der Waals surface area contributed by atoms with Gasteiger partial charge in [-0.15, -0.1) is 0 Å². The third-order valence-electron chi connectivity index (χ3n) is 2.33. The Balaban J connectivity index is 2.58. The minimum absolute atomic E-state index is 0.282. The molecule has 0 bridgehead atoms. The fourth-order valence-corrected chi connectivity index (χ4v) is 1.44. The Bertz CT molecular complexity index is 356. The van der Waals surface area contributed by atoms with Crippen LogP contribution in [-0.2, 0) is 4.74 Å². The number of rotatable bonds is 8. The summed E-state index contributed by atoms with van der Waals surface area (Å²) in [7, 11) is -0.0752. The van der Waals surface area contributed by atoms with E-state index in [-0.39, 0.29) is 5.46 Å². The molecule has 0 amide bonds. The largest absolute Gasteiger partial charge is 0.497 e. The monoisotopic (exact) mass is 254 g/mol. The summed E-state index contributed by atoms with van der Waals surface area (Å²) in [6.07, 6.45) is 0.961. The minimum atomic E-state index is -1.59. The van der Waals surface area contributed by atoms with Gasteiger partial charge < -0.3 is 24.3 Å². The van der Waals surface area contributed by atoms with Gasteiger partial charge in [0.25, 0.3) is 0 Å². The first-order chi connectivity index (χ1) is 8.69. The van der Waals surface area contributed by atoms with Gasteiger partial charge in [-0.2, -0.15) is 0 Å². The zero-order valence-electron chi connectivity index (χ0n) is 10.8. The molecule has 100 valence electrons. The van der Waals surface area contributed by atoms with Crippen LogP contribution >= 0.6 is 0 Å². The third kappa shape index (κ3) is 4.56. The molecule has 0 aliphatic heterocycles. The minimum Gasteiger partial charge on any atom is -0.497 e. The lowest BCUT2D eigenvalue weighted by atomic mass is 9.79. The van der Waals surface area contributed by atoms with Gasteiger partial charge >= 0.3 is 7.12 Å². The van der Waals surface area contributed by atoms with Crippen LogP contribution < -0.4 is 14.9 Å². The van der Waals surface area contributed by atoms with Crippen LogP contribution in [0.1, 0.15) is 13.3 Å². The van der Waals surface area contributed by atoms with E-state index < -0.39 is 7.12 Å². The summed E-state index contributed by atoms with van der Waals surface area (Å²) in [5.41, 5.74) is 0.282. The van der Waals surface area contributed by atoms with Gasteiger partial charge in [-0.25, -0.2) is 0 Å². The Kier molecular flexibility index (Phi) is 6.56. The van der Waals surface area contributed by atoms with Crippen LogP contribution in [-0.4, -0.2) is 44.1 Å². The second-order valence-electron chi connectivity index (χ2n) is 3.74. The maximum Gasteiger partial charge on any atom is 0.492 e. The molecule has 0 radical (unpaired) electrons. The average Bonchev–Trinajstić information content (AvgIpc) is 2.38. The molecule has 0 saturated heterocycles. The van der Waals surface area contributed by atoms with Gasteiger partial charge in [0, 0.05) is 12.1 Å². The van der Waals surface area contributed by atoms with E-state index in [1.165, 1.54) is 13.2 Å². The highest BCUT2D eigenvalue weighted by atomic mass is 16.5. The van der Waals surface area contributed by atoms with Crippen molar-refractivity contribution in [2.24, 2.45) is 0 Å². The summed E-state index contributed by atoms with van der Waals surface area (Å²) >= 11 is 0. The zero-order valence-corrected chi connectivity index (χ0v) is 10.8.